The Kier molecular flexibility index (Phi) is 5.60. The van der Waals surface area contributed by atoms with Gasteiger partial charge in [-0.25, -0.2) is 0 Å². The van der Waals surface area contributed by atoms with Gasteiger partial charge in [-0.05, 0) is 67.6 Å². The highest BCUT2D eigenvalue weighted by Crippen LogP contribution is 2.30. The van der Waals surface area contributed by atoms with Gasteiger partial charge in [0.15, 0.2) is 0 Å². The first kappa shape index (κ1) is 16.3. The third-order valence-electron chi connectivity index (χ3n) is 4.08. The number of nitrogens with one attached hydrogen (secondary N) is 1. The van der Waals surface area contributed by atoms with E-state index < -0.39 is 0 Å². The van der Waals surface area contributed by atoms with E-state index in [9.17, 15) is 0 Å². The molecule has 0 spiro atoms. The highest BCUT2D eigenvalue weighted by Gasteiger charge is 2.16. The SMILES string of the molecule is CCCNC(c1ccc(C)c(C)c1)c1cccc(Br)c1C. The lowest BCUT2D eigenvalue weighted by Crippen LogP contribution is -2.24. The first-order valence-corrected chi connectivity index (χ1v) is 8.39. The maximum Gasteiger partial charge on any atom is 0.0579 e. The number of rotatable bonds is 5. The number of hydrogen-bond donors (Lipinski definition) is 1. The van der Waals surface area contributed by atoms with Crippen LogP contribution in [0.3, 0.4) is 0 Å². The minimum Gasteiger partial charge on any atom is -0.306 e. The van der Waals surface area contributed by atoms with Crippen LogP contribution in [0.25, 0.3) is 0 Å². The minimum absolute atomic E-state index is 0.252. The van der Waals surface area contributed by atoms with E-state index in [4.69, 9.17) is 0 Å². The Balaban J connectivity index is 2.47. The van der Waals surface area contributed by atoms with E-state index in [0.717, 1.165) is 13.0 Å². The summed E-state index contributed by atoms with van der Waals surface area (Å²) in [5, 5.41) is 3.70. The molecule has 2 aromatic carbocycles. The van der Waals surface area contributed by atoms with E-state index in [-0.39, 0.29) is 6.04 Å². The molecule has 0 saturated carbocycles. The topological polar surface area (TPSA) is 12.0 Å². The molecule has 1 N–H and O–H groups in total. The Bertz CT molecular complexity index is 619. The van der Waals surface area contributed by atoms with Gasteiger partial charge in [-0.3, -0.25) is 0 Å². The second-order valence-electron chi connectivity index (χ2n) is 5.68. The molecule has 112 valence electrons. The zero-order valence-corrected chi connectivity index (χ0v) is 14.9. The highest BCUT2D eigenvalue weighted by atomic mass is 79.9. The van der Waals surface area contributed by atoms with Gasteiger partial charge in [0, 0.05) is 4.47 Å². The predicted molar refractivity (Wildman–Crippen MR) is 94.9 cm³/mol. The smallest absolute Gasteiger partial charge is 0.0579 e. The molecule has 1 atom stereocenters. The van der Waals surface area contributed by atoms with Crippen LogP contribution < -0.4 is 5.32 Å². The molecule has 0 radical (unpaired) electrons. The summed E-state index contributed by atoms with van der Waals surface area (Å²) < 4.78 is 1.17. The van der Waals surface area contributed by atoms with Crippen LogP contribution in [0.2, 0.25) is 0 Å². The van der Waals surface area contributed by atoms with Crippen LogP contribution in [0.4, 0.5) is 0 Å². The largest absolute Gasteiger partial charge is 0.306 e. The van der Waals surface area contributed by atoms with Crippen molar-refractivity contribution in [1.29, 1.82) is 0 Å². The van der Waals surface area contributed by atoms with Crippen molar-refractivity contribution in [2.75, 3.05) is 6.54 Å². The van der Waals surface area contributed by atoms with Crippen LogP contribution in [0.5, 0.6) is 0 Å². The zero-order chi connectivity index (χ0) is 15.4. The third kappa shape index (κ3) is 3.75. The maximum atomic E-state index is 3.70. The van der Waals surface area contributed by atoms with Crippen molar-refractivity contribution in [3.8, 4) is 0 Å². The first-order valence-electron chi connectivity index (χ1n) is 7.60. The van der Waals surface area contributed by atoms with E-state index >= 15 is 0 Å². The summed E-state index contributed by atoms with van der Waals surface area (Å²) in [5.74, 6) is 0. The molecular formula is C19H24BrN. The maximum absolute atomic E-state index is 3.70. The van der Waals surface area contributed by atoms with Crippen LogP contribution >= 0.6 is 15.9 Å². The van der Waals surface area contributed by atoms with Crippen molar-refractivity contribution in [2.45, 2.75) is 40.2 Å². The molecule has 0 fully saturated rings. The fourth-order valence-corrected chi connectivity index (χ4v) is 2.96. The van der Waals surface area contributed by atoms with E-state index in [1.54, 1.807) is 0 Å². The number of aryl methyl sites for hydroxylation is 2. The Morgan fingerprint density at radius 3 is 2.48 bits per heavy atom. The first-order chi connectivity index (χ1) is 10.0. The molecule has 0 aliphatic heterocycles. The molecule has 21 heavy (non-hydrogen) atoms. The van der Waals surface area contributed by atoms with Gasteiger partial charge in [-0.1, -0.05) is 53.2 Å². The Labute approximate surface area is 136 Å². The summed E-state index contributed by atoms with van der Waals surface area (Å²) in [5.41, 5.74) is 6.69. The minimum atomic E-state index is 0.252. The van der Waals surface area contributed by atoms with Crippen molar-refractivity contribution < 1.29 is 0 Å². The lowest BCUT2D eigenvalue weighted by Gasteiger charge is -2.23. The standard InChI is InChI=1S/C19H24BrN/c1-5-11-21-19(16-10-9-13(2)14(3)12-16)17-7-6-8-18(20)15(17)4/h6-10,12,19,21H,5,11H2,1-4H3. The van der Waals surface area contributed by atoms with Gasteiger partial charge in [-0.2, -0.15) is 0 Å². The average Bonchev–Trinajstić information content (AvgIpc) is 2.47. The fourth-order valence-electron chi connectivity index (χ4n) is 2.58. The summed E-state index contributed by atoms with van der Waals surface area (Å²) in [6.45, 7) is 9.75. The molecule has 0 aliphatic carbocycles. The van der Waals surface area contributed by atoms with Crippen molar-refractivity contribution in [1.82, 2.24) is 5.32 Å². The molecule has 2 aromatic rings. The van der Waals surface area contributed by atoms with Crippen molar-refractivity contribution in [3.05, 3.63) is 68.7 Å². The van der Waals surface area contributed by atoms with Crippen LogP contribution in [0.15, 0.2) is 40.9 Å². The Morgan fingerprint density at radius 2 is 1.81 bits per heavy atom. The predicted octanol–water partition coefficient (Wildman–Crippen LogP) is 5.46. The monoisotopic (exact) mass is 345 g/mol. The van der Waals surface area contributed by atoms with Crippen molar-refractivity contribution in [2.24, 2.45) is 0 Å². The van der Waals surface area contributed by atoms with Crippen molar-refractivity contribution in [3.63, 3.8) is 0 Å². The molecule has 1 unspecified atom stereocenters. The van der Waals surface area contributed by atoms with Gasteiger partial charge in [-0.15, -0.1) is 0 Å². The molecule has 0 saturated heterocycles. The summed E-state index contributed by atoms with van der Waals surface area (Å²) in [6, 6.07) is 13.5. The Morgan fingerprint density at radius 1 is 1.05 bits per heavy atom. The normalized spacial score (nSPS) is 12.4. The van der Waals surface area contributed by atoms with Crippen molar-refractivity contribution >= 4 is 15.9 Å². The molecule has 0 aromatic heterocycles. The van der Waals surface area contributed by atoms with Gasteiger partial charge in [0.1, 0.15) is 0 Å². The lowest BCUT2D eigenvalue weighted by atomic mass is 9.93. The molecule has 0 aliphatic rings. The second kappa shape index (κ2) is 7.24. The molecule has 0 bridgehead atoms. The van der Waals surface area contributed by atoms with Gasteiger partial charge in [0.25, 0.3) is 0 Å². The van der Waals surface area contributed by atoms with Gasteiger partial charge in [0.05, 0.1) is 6.04 Å². The fraction of sp³-hybridized carbons (Fsp3) is 0.368. The summed E-state index contributed by atoms with van der Waals surface area (Å²) in [7, 11) is 0. The second-order valence-corrected chi connectivity index (χ2v) is 6.54. The zero-order valence-electron chi connectivity index (χ0n) is 13.3. The number of benzene rings is 2. The molecule has 2 heteroatoms. The van der Waals surface area contributed by atoms with Crippen LogP contribution in [0.1, 0.15) is 47.2 Å². The average molecular weight is 346 g/mol. The molecule has 1 nitrogen and oxygen atoms in total. The van der Waals surface area contributed by atoms with E-state index in [2.05, 4.69) is 85.3 Å². The molecular weight excluding hydrogens is 322 g/mol. The van der Waals surface area contributed by atoms with Gasteiger partial charge in [0.2, 0.25) is 0 Å². The number of hydrogen-bond acceptors (Lipinski definition) is 1. The third-order valence-corrected chi connectivity index (χ3v) is 4.94. The van der Waals surface area contributed by atoms with Crippen LogP contribution in [-0.4, -0.2) is 6.54 Å². The lowest BCUT2D eigenvalue weighted by molar-refractivity contribution is 0.595. The molecule has 2 rings (SSSR count). The summed E-state index contributed by atoms with van der Waals surface area (Å²) >= 11 is 3.65. The van der Waals surface area contributed by atoms with Gasteiger partial charge < -0.3 is 5.32 Å². The summed E-state index contributed by atoms with van der Waals surface area (Å²) in [6.07, 6.45) is 1.13. The van der Waals surface area contributed by atoms with Crippen LogP contribution in [-0.2, 0) is 0 Å². The molecule has 0 amide bonds. The van der Waals surface area contributed by atoms with Crippen LogP contribution in [0, 0.1) is 20.8 Å². The van der Waals surface area contributed by atoms with E-state index in [1.807, 2.05) is 0 Å². The quantitative estimate of drug-likeness (QED) is 0.758. The number of halogens is 1. The molecule has 0 heterocycles. The Hall–Kier alpha value is -1.12. The van der Waals surface area contributed by atoms with E-state index in [0.29, 0.717) is 0 Å². The summed E-state index contributed by atoms with van der Waals surface area (Å²) in [4.78, 5) is 0. The van der Waals surface area contributed by atoms with Gasteiger partial charge >= 0.3 is 0 Å². The highest BCUT2D eigenvalue weighted by molar-refractivity contribution is 9.10. The van der Waals surface area contributed by atoms with E-state index in [1.165, 1.54) is 32.3 Å².